The summed E-state index contributed by atoms with van der Waals surface area (Å²) in [6.07, 6.45) is 0. The van der Waals surface area contributed by atoms with E-state index in [-0.39, 0.29) is 5.41 Å². The number of para-hydroxylation sites is 1. The highest BCUT2D eigenvalue weighted by Crippen LogP contribution is 2.41. The van der Waals surface area contributed by atoms with Crippen molar-refractivity contribution in [3.05, 3.63) is 29.3 Å². The van der Waals surface area contributed by atoms with Crippen molar-refractivity contribution in [2.45, 2.75) is 40.0 Å². The lowest BCUT2D eigenvalue weighted by Gasteiger charge is -2.24. The normalized spacial score (nSPS) is 13.5. The Hall–Kier alpha value is -0.630. The molecule has 0 saturated heterocycles. The zero-order valence-electron chi connectivity index (χ0n) is 11.2. The molecule has 0 aliphatic rings. The van der Waals surface area contributed by atoms with E-state index in [2.05, 4.69) is 20.8 Å². The van der Waals surface area contributed by atoms with E-state index in [1.165, 1.54) is 0 Å². The third-order valence-electron chi connectivity index (χ3n) is 2.43. The van der Waals surface area contributed by atoms with E-state index in [1.807, 2.05) is 32.0 Å². The summed E-state index contributed by atoms with van der Waals surface area (Å²) in [6.45, 7) is 10.6. The van der Waals surface area contributed by atoms with Crippen molar-refractivity contribution < 1.29 is 13.9 Å². The maximum Gasteiger partial charge on any atom is 0.394 e. The molecule has 1 aromatic carbocycles. The fourth-order valence-corrected chi connectivity index (χ4v) is 2.25. The highest BCUT2D eigenvalue weighted by atomic mass is 31.2. The van der Waals surface area contributed by atoms with E-state index >= 15 is 0 Å². The minimum atomic E-state index is -1.84. The second-order valence-electron chi connectivity index (χ2n) is 4.95. The second kappa shape index (κ2) is 5.81. The van der Waals surface area contributed by atoms with E-state index in [9.17, 15) is 4.89 Å². The van der Waals surface area contributed by atoms with Gasteiger partial charge in [-0.3, -0.25) is 0 Å². The summed E-state index contributed by atoms with van der Waals surface area (Å²) in [4.78, 5) is 9.64. The van der Waals surface area contributed by atoms with Crippen LogP contribution in [-0.2, 0) is 9.94 Å². The van der Waals surface area contributed by atoms with Gasteiger partial charge in [-0.25, -0.2) is 0 Å². The average Bonchev–Trinajstić information content (AvgIpc) is 2.19. The first-order valence-electron chi connectivity index (χ1n) is 5.76. The highest BCUT2D eigenvalue weighted by molar-refractivity contribution is 7.41. The van der Waals surface area contributed by atoms with Crippen molar-refractivity contribution in [3.63, 3.8) is 0 Å². The Morgan fingerprint density at radius 3 is 2.47 bits per heavy atom. The van der Waals surface area contributed by atoms with Crippen LogP contribution in [0.4, 0.5) is 0 Å². The van der Waals surface area contributed by atoms with Crippen LogP contribution in [0.15, 0.2) is 18.2 Å². The molecule has 0 heterocycles. The predicted octanol–water partition coefficient (Wildman–Crippen LogP) is 3.93. The Bertz CT molecular complexity index is 371. The van der Waals surface area contributed by atoms with E-state index in [0.717, 1.165) is 16.9 Å². The van der Waals surface area contributed by atoms with Gasteiger partial charge in [0.1, 0.15) is 5.75 Å². The molecule has 0 radical (unpaired) electrons. The van der Waals surface area contributed by atoms with Crippen molar-refractivity contribution in [1.82, 2.24) is 0 Å². The Balaban J connectivity index is 3.04. The fraction of sp³-hybridized carbons (Fsp3) is 0.538. The average molecular weight is 256 g/mol. The largest absolute Gasteiger partial charge is 0.426 e. The number of hydrogen-bond acceptors (Lipinski definition) is 3. The van der Waals surface area contributed by atoms with Crippen molar-refractivity contribution >= 4 is 8.60 Å². The van der Waals surface area contributed by atoms with Gasteiger partial charge in [0.05, 0.1) is 6.61 Å². The first-order chi connectivity index (χ1) is 7.86. The third-order valence-corrected chi connectivity index (χ3v) is 3.25. The molecule has 0 saturated carbocycles. The quantitative estimate of drug-likeness (QED) is 0.829. The smallest absolute Gasteiger partial charge is 0.394 e. The van der Waals surface area contributed by atoms with Gasteiger partial charge in [0.2, 0.25) is 0 Å². The van der Waals surface area contributed by atoms with Gasteiger partial charge in [-0.2, -0.15) is 0 Å². The molecule has 0 aliphatic heterocycles. The van der Waals surface area contributed by atoms with Crippen LogP contribution in [0.25, 0.3) is 0 Å². The lowest BCUT2D eigenvalue weighted by Crippen LogP contribution is -2.13. The Kier molecular flexibility index (Phi) is 4.93. The van der Waals surface area contributed by atoms with Crippen LogP contribution in [0.1, 0.15) is 38.8 Å². The molecule has 0 fully saturated rings. The van der Waals surface area contributed by atoms with Crippen molar-refractivity contribution in [1.29, 1.82) is 0 Å². The van der Waals surface area contributed by atoms with Gasteiger partial charge in [-0.1, -0.05) is 39.0 Å². The topological polar surface area (TPSA) is 38.7 Å². The van der Waals surface area contributed by atoms with E-state index in [0.29, 0.717) is 6.61 Å². The van der Waals surface area contributed by atoms with Gasteiger partial charge < -0.3 is 13.9 Å². The minimum Gasteiger partial charge on any atom is -0.426 e. The summed E-state index contributed by atoms with van der Waals surface area (Å²) < 4.78 is 10.6. The lowest BCUT2D eigenvalue weighted by molar-refractivity contribution is 0.272. The molecule has 0 bridgehead atoms. The molecule has 0 aromatic heterocycles. The molecule has 0 amide bonds. The fourth-order valence-electron chi connectivity index (χ4n) is 1.58. The molecule has 0 aliphatic carbocycles. The van der Waals surface area contributed by atoms with Crippen LogP contribution in [0.2, 0.25) is 0 Å². The van der Waals surface area contributed by atoms with E-state index in [4.69, 9.17) is 9.05 Å². The van der Waals surface area contributed by atoms with Crippen LogP contribution in [0, 0.1) is 6.92 Å². The van der Waals surface area contributed by atoms with E-state index in [1.54, 1.807) is 0 Å². The summed E-state index contributed by atoms with van der Waals surface area (Å²) in [5.41, 5.74) is 2.07. The van der Waals surface area contributed by atoms with Crippen LogP contribution < -0.4 is 4.52 Å². The first kappa shape index (κ1) is 14.4. The monoisotopic (exact) mass is 256 g/mol. The van der Waals surface area contributed by atoms with Crippen LogP contribution >= 0.6 is 8.60 Å². The van der Waals surface area contributed by atoms with E-state index < -0.39 is 8.60 Å². The van der Waals surface area contributed by atoms with Gasteiger partial charge in [0.15, 0.2) is 0 Å². The molecule has 1 aromatic rings. The summed E-state index contributed by atoms with van der Waals surface area (Å²) in [6, 6.07) is 6.00. The standard InChI is InChI=1S/C13H21O3P/c1-6-15-17(14)16-12-10(2)8-7-9-11(12)13(3,4)5/h7-9,14H,6H2,1-5H3. The number of benzene rings is 1. The Morgan fingerprint density at radius 2 is 1.94 bits per heavy atom. The lowest BCUT2D eigenvalue weighted by atomic mass is 9.85. The number of aryl methyl sites for hydroxylation is 1. The predicted molar refractivity (Wildman–Crippen MR) is 71.3 cm³/mol. The molecule has 1 atom stereocenters. The van der Waals surface area contributed by atoms with Crippen LogP contribution in [0.3, 0.4) is 0 Å². The molecular formula is C13H21O3P. The molecule has 17 heavy (non-hydrogen) atoms. The SMILES string of the molecule is CCOP(O)Oc1c(C)cccc1C(C)(C)C. The Morgan fingerprint density at radius 1 is 1.29 bits per heavy atom. The third kappa shape index (κ3) is 3.95. The van der Waals surface area contributed by atoms with Gasteiger partial charge in [0, 0.05) is 5.56 Å². The van der Waals surface area contributed by atoms with Crippen LogP contribution in [-0.4, -0.2) is 11.5 Å². The van der Waals surface area contributed by atoms with Gasteiger partial charge in [-0.15, -0.1) is 0 Å². The molecule has 1 N–H and O–H groups in total. The molecule has 96 valence electrons. The number of rotatable bonds is 4. The first-order valence-corrected chi connectivity index (χ1v) is 6.89. The summed E-state index contributed by atoms with van der Waals surface area (Å²) >= 11 is 0. The Labute approximate surface area is 105 Å². The minimum absolute atomic E-state index is 0.0241. The van der Waals surface area contributed by atoms with Crippen molar-refractivity contribution in [3.8, 4) is 5.75 Å². The zero-order valence-corrected chi connectivity index (χ0v) is 12.0. The highest BCUT2D eigenvalue weighted by Gasteiger charge is 2.22. The maximum absolute atomic E-state index is 9.64. The molecule has 1 unspecified atom stereocenters. The molecule has 1 rings (SSSR count). The van der Waals surface area contributed by atoms with Crippen molar-refractivity contribution in [2.24, 2.45) is 0 Å². The second-order valence-corrected chi connectivity index (χ2v) is 5.86. The molecule has 3 nitrogen and oxygen atoms in total. The summed E-state index contributed by atoms with van der Waals surface area (Å²) in [5.74, 6) is 0.738. The van der Waals surface area contributed by atoms with Gasteiger partial charge >= 0.3 is 8.60 Å². The van der Waals surface area contributed by atoms with Gasteiger partial charge in [-0.05, 0) is 24.8 Å². The van der Waals surface area contributed by atoms with Crippen LogP contribution in [0.5, 0.6) is 5.75 Å². The molecular weight excluding hydrogens is 235 g/mol. The molecule has 0 spiro atoms. The summed E-state index contributed by atoms with van der Waals surface area (Å²) in [7, 11) is -1.84. The number of hydrogen-bond donors (Lipinski definition) is 1. The zero-order chi connectivity index (χ0) is 13.1. The maximum atomic E-state index is 9.64. The summed E-state index contributed by atoms with van der Waals surface area (Å²) in [5, 5.41) is 0. The molecule has 4 heteroatoms. The van der Waals surface area contributed by atoms with Gasteiger partial charge in [0.25, 0.3) is 0 Å². The van der Waals surface area contributed by atoms with Crippen molar-refractivity contribution in [2.75, 3.05) is 6.61 Å².